The van der Waals surface area contributed by atoms with E-state index in [1.165, 1.54) is 0 Å². The molecule has 1 aliphatic rings. The van der Waals surface area contributed by atoms with Gasteiger partial charge in [-0.2, -0.15) is 0 Å². The number of likely N-dealkylation sites (tertiary alicyclic amines) is 1. The van der Waals surface area contributed by atoms with Crippen LogP contribution in [0.1, 0.15) is 19.8 Å². The maximum absolute atomic E-state index is 12.2. The number of hydrogen-bond donors (Lipinski definition) is 1. The SMILES string of the molecule is CC1CC(C(=O)O)CCN1C(=O)COc1ccc(Br)cc1. The van der Waals surface area contributed by atoms with Gasteiger partial charge in [0.15, 0.2) is 6.61 Å². The van der Waals surface area contributed by atoms with E-state index in [0.29, 0.717) is 25.1 Å². The zero-order chi connectivity index (χ0) is 15.4. The Hall–Kier alpha value is -1.56. The average Bonchev–Trinajstić information content (AvgIpc) is 2.46. The molecule has 1 fully saturated rings. The van der Waals surface area contributed by atoms with Crippen LogP contribution in [0.25, 0.3) is 0 Å². The van der Waals surface area contributed by atoms with Crippen molar-refractivity contribution in [2.75, 3.05) is 13.2 Å². The Morgan fingerprint density at radius 1 is 1.38 bits per heavy atom. The normalized spacial score (nSPS) is 21.9. The van der Waals surface area contributed by atoms with Crippen LogP contribution in [0, 0.1) is 5.92 Å². The Bertz CT molecular complexity index is 517. The van der Waals surface area contributed by atoms with Gasteiger partial charge in [-0.15, -0.1) is 0 Å². The van der Waals surface area contributed by atoms with Gasteiger partial charge in [0.2, 0.25) is 0 Å². The summed E-state index contributed by atoms with van der Waals surface area (Å²) in [5, 5.41) is 9.02. The maximum atomic E-state index is 12.2. The summed E-state index contributed by atoms with van der Waals surface area (Å²) in [5.41, 5.74) is 0. The topological polar surface area (TPSA) is 66.8 Å². The van der Waals surface area contributed by atoms with Crippen LogP contribution in [-0.4, -0.2) is 41.1 Å². The molecule has 1 aromatic rings. The van der Waals surface area contributed by atoms with Gasteiger partial charge in [-0.1, -0.05) is 15.9 Å². The molecule has 2 atom stereocenters. The molecule has 2 rings (SSSR count). The fourth-order valence-electron chi connectivity index (χ4n) is 2.53. The van der Waals surface area contributed by atoms with E-state index in [1.807, 2.05) is 19.1 Å². The molecule has 1 heterocycles. The largest absolute Gasteiger partial charge is 0.484 e. The number of ether oxygens (including phenoxy) is 1. The quantitative estimate of drug-likeness (QED) is 0.900. The van der Waals surface area contributed by atoms with E-state index < -0.39 is 5.97 Å². The number of hydrogen-bond acceptors (Lipinski definition) is 3. The number of halogens is 1. The average molecular weight is 356 g/mol. The first-order chi connectivity index (χ1) is 9.97. The number of aliphatic carboxylic acids is 1. The second kappa shape index (κ2) is 6.93. The summed E-state index contributed by atoms with van der Waals surface area (Å²) in [4.78, 5) is 24.9. The zero-order valence-corrected chi connectivity index (χ0v) is 13.4. The summed E-state index contributed by atoms with van der Waals surface area (Å²) in [6.45, 7) is 2.33. The Morgan fingerprint density at radius 2 is 2.05 bits per heavy atom. The van der Waals surface area contributed by atoms with Gasteiger partial charge in [-0.25, -0.2) is 0 Å². The Labute approximate surface area is 132 Å². The van der Waals surface area contributed by atoms with Crippen LogP contribution in [0.3, 0.4) is 0 Å². The number of carboxylic acid groups (broad SMARTS) is 1. The van der Waals surface area contributed by atoms with Crippen LogP contribution in [0.15, 0.2) is 28.7 Å². The van der Waals surface area contributed by atoms with Crippen molar-refractivity contribution < 1.29 is 19.4 Å². The van der Waals surface area contributed by atoms with Crippen molar-refractivity contribution in [2.45, 2.75) is 25.8 Å². The van der Waals surface area contributed by atoms with E-state index in [-0.39, 0.29) is 24.5 Å². The molecule has 0 saturated carbocycles. The first kappa shape index (κ1) is 15.8. The molecule has 0 aromatic heterocycles. The van der Waals surface area contributed by atoms with Crippen molar-refractivity contribution in [1.29, 1.82) is 0 Å². The minimum absolute atomic E-state index is 0.0241. The summed E-state index contributed by atoms with van der Waals surface area (Å²) in [5.74, 6) is -0.592. The first-order valence-electron chi connectivity index (χ1n) is 6.88. The highest BCUT2D eigenvalue weighted by Gasteiger charge is 2.32. The molecule has 1 aromatic carbocycles. The van der Waals surface area contributed by atoms with Crippen LogP contribution >= 0.6 is 15.9 Å². The monoisotopic (exact) mass is 355 g/mol. The second-order valence-electron chi connectivity index (χ2n) is 5.24. The first-order valence-corrected chi connectivity index (χ1v) is 7.67. The zero-order valence-electron chi connectivity index (χ0n) is 11.8. The molecular weight excluding hydrogens is 338 g/mol. The number of benzene rings is 1. The lowest BCUT2D eigenvalue weighted by Gasteiger charge is -2.36. The maximum Gasteiger partial charge on any atom is 0.306 e. The fourth-order valence-corrected chi connectivity index (χ4v) is 2.79. The summed E-state index contributed by atoms with van der Waals surface area (Å²) in [6, 6.07) is 7.21. The number of carboxylic acids is 1. The van der Waals surface area contributed by atoms with Gasteiger partial charge in [0, 0.05) is 17.1 Å². The lowest BCUT2D eigenvalue weighted by molar-refractivity contribution is -0.148. The van der Waals surface area contributed by atoms with Crippen LogP contribution in [-0.2, 0) is 9.59 Å². The third kappa shape index (κ3) is 4.20. The van der Waals surface area contributed by atoms with E-state index in [2.05, 4.69) is 15.9 Å². The molecule has 0 bridgehead atoms. The molecule has 5 nitrogen and oxygen atoms in total. The standard InChI is InChI=1S/C15H18BrNO4/c1-10-8-11(15(19)20)6-7-17(10)14(18)9-21-13-4-2-12(16)3-5-13/h2-5,10-11H,6-9H2,1H3,(H,19,20). The lowest BCUT2D eigenvalue weighted by atomic mass is 9.92. The van der Waals surface area contributed by atoms with Gasteiger partial charge in [-0.3, -0.25) is 9.59 Å². The van der Waals surface area contributed by atoms with Gasteiger partial charge in [0.05, 0.1) is 5.92 Å². The third-order valence-corrected chi connectivity index (χ3v) is 4.25. The molecule has 6 heteroatoms. The second-order valence-corrected chi connectivity index (χ2v) is 6.15. The predicted octanol–water partition coefficient (Wildman–Crippen LogP) is 2.54. The van der Waals surface area contributed by atoms with Crippen molar-refractivity contribution in [3.05, 3.63) is 28.7 Å². The number of carbonyl (C=O) groups is 2. The lowest BCUT2D eigenvalue weighted by Crippen LogP contribution is -2.47. The van der Waals surface area contributed by atoms with Gasteiger partial charge in [-0.05, 0) is 44.0 Å². The molecule has 1 N–H and O–H groups in total. The molecular formula is C15H18BrNO4. The van der Waals surface area contributed by atoms with E-state index in [4.69, 9.17) is 9.84 Å². The van der Waals surface area contributed by atoms with E-state index in [1.54, 1.807) is 17.0 Å². The number of nitrogens with zero attached hydrogens (tertiary/aromatic N) is 1. The smallest absolute Gasteiger partial charge is 0.306 e. The Kier molecular flexibility index (Phi) is 5.22. The Morgan fingerprint density at radius 3 is 2.62 bits per heavy atom. The van der Waals surface area contributed by atoms with Crippen molar-refractivity contribution in [2.24, 2.45) is 5.92 Å². The molecule has 0 spiro atoms. The number of amides is 1. The van der Waals surface area contributed by atoms with E-state index >= 15 is 0 Å². The highest BCUT2D eigenvalue weighted by molar-refractivity contribution is 9.10. The molecule has 1 amide bonds. The molecule has 1 saturated heterocycles. The number of rotatable bonds is 4. The summed E-state index contributed by atoms with van der Waals surface area (Å²) in [6.07, 6.45) is 1.00. The molecule has 2 unspecified atom stereocenters. The van der Waals surface area contributed by atoms with Crippen LogP contribution in [0.4, 0.5) is 0 Å². The van der Waals surface area contributed by atoms with Crippen molar-refractivity contribution in [3.63, 3.8) is 0 Å². The highest BCUT2D eigenvalue weighted by atomic mass is 79.9. The number of piperidine rings is 1. The Balaban J connectivity index is 1.86. The molecule has 0 aliphatic carbocycles. The van der Waals surface area contributed by atoms with Gasteiger partial charge >= 0.3 is 5.97 Å². The molecule has 1 aliphatic heterocycles. The van der Waals surface area contributed by atoms with Gasteiger partial charge in [0.1, 0.15) is 5.75 Å². The summed E-state index contributed by atoms with van der Waals surface area (Å²) < 4.78 is 6.42. The van der Waals surface area contributed by atoms with Crippen LogP contribution in [0.2, 0.25) is 0 Å². The van der Waals surface area contributed by atoms with Crippen LogP contribution in [0.5, 0.6) is 5.75 Å². The third-order valence-electron chi connectivity index (χ3n) is 3.72. The van der Waals surface area contributed by atoms with Gasteiger partial charge in [0.25, 0.3) is 5.91 Å². The minimum Gasteiger partial charge on any atom is -0.484 e. The fraction of sp³-hybridized carbons (Fsp3) is 0.467. The van der Waals surface area contributed by atoms with Crippen molar-refractivity contribution in [1.82, 2.24) is 4.90 Å². The van der Waals surface area contributed by atoms with Gasteiger partial charge < -0.3 is 14.7 Å². The van der Waals surface area contributed by atoms with Crippen molar-refractivity contribution >= 4 is 27.8 Å². The summed E-state index contributed by atoms with van der Waals surface area (Å²) >= 11 is 3.33. The van der Waals surface area contributed by atoms with E-state index in [0.717, 1.165) is 4.47 Å². The molecule has 0 radical (unpaired) electrons. The minimum atomic E-state index is -0.778. The van der Waals surface area contributed by atoms with E-state index in [9.17, 15) is 9.59 Å². The van der Waals surface area contributed by atoms with Crippen molar-refractivity contribution in [3.8, 4) is 5.75 Å². The summed E-state index contributed by atoms with van der Waals surface area (Å²) in [7, 11) is 0. The number of carbonyl (C=O) groups excluding carboxylic acids is 1. The predicted molar refractivity (Wildman–Crippen MR) is 81.2 cm³/mol. The highest BCUT2D eigenvalue weighted by Crippen LogP contribution is 2.23. The molecule has 114 valence electrons. The van der Waals surface area contributed by atoms with Crippen LogP contribution < -0.4 is 4.74 Å². The molecule has 21 heavy (non-hydrogen) atoms.